The molecular formula is C12H13IN2O4S. The second-order valence-electron chi connectivity index (χ2n) is 4.26. The van der Waals surface area contributed by atoms with E-state index < -0.39 is 21.9 Å². The Bertz CT molecular complexity index is 667. The molecule has 0 spiro atoms. The third kappa shape index (κ3) is 3.68. The second-order valence-corrected chi connectivity index (χ2v) is 7.47. The van der Waals surface area contributed by atoms with Gasteiger partial charge >= 0.3 is 5.97 Å². The largest absolute Gasteiger partial charge is 0.478 e. The number of carboxylic acid groups (broad SMARTS) is 1. The lowest BCUT2D eigenvalue weighted by molar-refractivity contribution is 0.0695. The Morgan fingerprint density at radius 2 is 2.15 bits per heavy atom. The van der Waals surface area contributed by atoms with Crippen molar-refractivity contribution < 1.29 is 18.3 Å². The van der Waals surface area contributed by atoms with Gasteiger partial charge in [0.2, 0.25) is 10.0 Å². The van der Waals surface area contributed by atoms with E-state index in [0.29, 0.717) is 3.57 Å². The summed E-state index contributed by atoms with van der Waals surface area (Å²) in [5.74, 6) is -1.63. The van der Waals surface area contributed by atoms with Crippen LogP contribution in [-0.4, -0.2) is 37.4 Å². The average Bonchev–Trinajstić information content (AvgIpc) is 2.38. The van der Waals surface area contributed by atoms with Gasteiger partial charge in [-0.2, -0.15) is 9.57 Å². The van der Waals surface area contributed by atoms with Crippen LogP contribution < -0.4 is 0 Å². The van der Waals surface area contributed by atoms with Crippen LogP contribution in [0, 0.1) is 20.8 Å². The highest BCUT2D eigenvalue weighted by Gasteiger charge is 2.24. The molecule has 108 valence electrons. The molecule has 0 fully saturated rings. The Morgan fingerprint density at radius 1 is 1.55 bits per heavy atom. The van der Waals surface area contributed by atoms with E-state index in [9.17, 15) is 13.2 Å². The van der Waals surface area contributed by atoms with E-state index in [1.165, 1.54) is 19.2 Å². The zero-order valence-corrected chi connectivity index (χ0v) is 13.8. The van der Waals surface area contributed by atoms with Gasteiger partial charge in [0, 0.05) is 17.2 Å². The van der Waals surface area contributed by atoms with Crippen LogP contribution in [0.25, 0.3) is 0 Å². The maximum atomic E-state index is 12.3. The third-order valence-corrected chi connectivity index (χ3v) is 5.39. The van der Waals surface area contributed by atoms with Crippen molar-refractivity contribution in [3.8, 4) is 6.07 Å². The first-order valence-corrected chi connectivity index (χ1v) is 8.10. The molecule has 0 radical (unpaired) electrons. The Balaban J connectivity index is 3.20. The van der Waals surface area contributed by atoms with Crippen LogP contribution in [0.3, 0.4) is 0 Å². The maximum Gasteiger partial charge on any atom is 0.336 e. The number of rotatable bonds is 5. The zero-order chi connectivity index (χ0) is 15.5. The van der Waals surface area contributed by atoms with Crippen molar-refractivity contribution in [1.82, 2.24) is 4.31 Å². The summed E-state index contributed by atoms with van der Waals surface area (Å²) < 4.78 is 26.1. The molecule has 0 heterocycles. The summed E-state index contributed by atoms with van der Waals surface area (Å²) in [4.78, 5) is 10.9. The van der Waals surface area contributed by atoms with E-state index in [2.05, 4.69) is 0 Å². The van der Waals surface area contributed by atoms with Crippen molar-refractivity contribution in [3.05, 3.63) is 27.3 Å². The predicted molar refractivity (Wildman–Crippen MR) is 80.7 cm³/mol. The molecule has 0 aliphatic heterocycles. The normalized spacial score (nSPS) is 12.9. The van der Waals surface area contributed by atoms with Gasteiger partial charge in [0.25, 0.3) is 0 Å². The number of sulfonamides is 1. The number of carbonyl (C=O) groups is 1. The molecule has 1 aromatic rings. The van der Waals surface area contributed by atoms with E-state index in [0.717, 1.165) is 10.4 Å². The van der Waals surface area contributed by atoms with Crippen molar-refractivity contribution in [3.63, 3.8) is 0 Å². The first-order chi connectivity index (χ1) is 9.20. The minimum atomic E-state index is -3.80. The van der Waals surface area contributed by atoms with Gasteiger partial charge in [0.1, 0.15) is 0 Å². The fourth-order valence-electron chi connectivity index (χ4n) is 1.53. The van der Waals surface area contributed by atoms with E-state index in [4.69, 9.17) is 10.4 Å². The van der Waals surface area contributed by atoms with Gasteiger partial charge in [-0.15, -0.1) is 0 Å². The monoisotopic (exact) mass is 408 g/mol. The number of aromatic carboxylic acids is 1. The molecule has 1 rings (SSSR count). The minimum Gasteiger partial charge on any atom is -0.478 e. The quantitative estimate of drug-likeness (QED) is 0.749. The molecule has 0 saturated carbocycles. The minimum absolute atomic E-state index is 0.0488. The van der Waals surface area contributed by atoms with Gasteiger partial charge in [-0.1, -0.05) is 0 Å². The van der Waals surface area contributed by atoms with Gasteiger partial charge in [-0.3, -0.25) is 0 Å². The lowest BCUT2D eigenvalue weighted by Gasteiger charge is -2.18. The highest BCUT2D eigenvalue weighted by Crippen LogP contribution is 2.21. The highest BCUT2D eigenvalue weighted by molar-refractivity contribution is 14.1. The fraction of sp³-hybridized carbons (Fsp3) is 0.333. The summed E-state index contributed by atoms with van der Waals surface area (Å²) in [6.07, 6.45) is 0. The van der Waals surface area contributed by atoms with Crippen molar-refractivity contribution in [2.24, 2.45) is 5.92 Å². The van der Waals surface area contributed by atoms with E-state index in [1.54, 1.807) is 6.92 Å². The smallest absolute Gasteiger partial charge is 0.336 e. The molecule has 0 bridgehead atoms. The summed E-state index contributed by atoms with van der Waals surface area (Å²) >= 11 is 1.83. The number of carboxylic acids is 1. The van der Waals surface area contributed by atoms with Crippen molar-refractivity contribution in [1.29, 1.82) is 5.26 Å². The molecule has 0 amide bonds. The first kappa shape index (κ1) is 16.9. The Kier molecular flexibility index (Phi) is 5.50. The Labute approximate surface area is 131 Å². The van der Waals surface area contributed by atoms with Crippen LogP contribution in [0.5, 0.6) is 0 Å². The summed E-state index contributed by atoms with van der Waals surface area (Å²) in [6.45, 7) is 1.66. The molecular weight excluding hydrogens is 395 g/mol. The summed E-state index contributed by atoms with van der Waals surface area (Å²) in [5, 5.41) is 17.7. The topological polar surface area (TPSA) is 98.5 Å². The van der Waals surface area contributed by atoms with Crippen LogP contribution >= 0.6 is 22.6 Å². The van der Waals surface area contributed by atoms with Gasteiger partial charge in [-0.25, -0.2) is 13.2 Å². The molecule has 1 atom stereocenters. The molecule has 0 saturated heterocycles. The van der Waals surface area contributed by atoms with Crippen LogP contribution in [0.1, 0.15) is 17.3 Å². The van der Waals surface area contributed by atoms with Crippen molar-refractivity contribution in [2.75, 3.05) is 13.6 Å². The Hall–Kier alpha value is -1.18. The summed E-state index contributed by atoms with van der Waals surface area (Å²) in [6, 6.07) is 5.89. The Morgan fingerprint density at radius 3 is 2.65 bits per heavy atom. The van der Waals surface area contributed by atoms with Crippen molar-refractivity contribution in [2.45, 2.75) is 11.8 Å². The van der Waals surface area contributed by atoms with Crippen molar-refractivity contribution >= 4 is 38.6 Å². The molecule has 0 aromatic heterocycles. The summed E-state index contributed by atoms with van der Waals surface area (Å²) in [5.41, 5.74) is -0.0617. The molecule has 6 nitrogen and oxygen atoms in total. The van der Waals surface area contributed by atoms with Gasteiger partial charge in [0.05, 0.1) is 22.4 Å². The van der Waals surface area contributed by atoms with E-state index in [1.807, 2.05) is 28.7 Å². The third-order valence-electron chi connectivity index (χ3n) is 2.63. The number of nitrogens with zero attached hydrogens (tertiary/aromatic N) is 2. The van der Waals surface area contributed by atoms with Gasteiger partial charge in [0.15, 0.2) is 0 Å². The van der Waals surface area contributed by atoms with Crippen LogP contribution in [0.4, 0.5) is 0 Å². The van der Waals surface area contributed by atoms with E-state index >= 15 is 0 Å². The highest BCUT2D eigenvalue weighted by atomic mass is 127. The molecule has 1 N–H and O–H groups in total. The zero-order valence-electron chi connectivity index (χ0n) is 10.9. The molecule has 1 aromatic carbocycles. The number of halogens is 1. The van der Waals surface area contributed by atoms with Gasteiger partial charge in [-0.05, 0) is 47.7 Å². The molecule has 0 aliphatic rings. The van der Waals surface area contributed by atoms with E-state index in [-0.39, 0.29) is 17.0 Å². The lowest BCUT2D eigenvalue weighted by Crippen LogP contribution is -2.31. The summed E-state index contributed by atoms with van der Waals surface area (Å²) in [7, 11) is -2.44. The van der Waals surface area contributed by atoms with Gasteiger partial charge < -0.3 is 5.11 Å². The average molecular weight is 408 g/mol. The number of nitriles is 1. The predicted octanol–water partition coefficient (Wildman–Crippen LogP) is 1.77. The SMILES string of the molecule is CC(C#N)CN(C)S(=O)(=O)c1ccc(I)c(C(=O)O)c1. The maximum absolute atomic E-state index is 12.3. The van der Waals surface area contributed by atoms with Crippen LogP contribution in [0.15, 0.2) is 23.1 Å². The first-order valence-electron chi connectivity index (χ1n) is 5.59. The van der Waals surface area contributed by atoms with Crippen LogP contribution in [-0.2, 0) is 10.0 Å². The number of hydrogen-bond donors (Lipinski definition) is 1. The standard InChI is InChI=1S/C12H13IN2O4S/c1-8(6-14)7-15(2)20(18,19)9-3-4-11(13)10(5-9)12(16)17/h3-5,8H,7H2,1-2H3,(H,16,17). The fourth-order valence-corrected chi connectivity index (χ4v) is 3.39. The lowest BCUT2D eigenvalue weighted by atomic mass is 10.2. The number of benzene rings is 1. The second kappa shape index (κ2) is 6.51. The molecule has 20 heavy (non-hydrogen) atoms. The van der Waals surface area contributed by atoms with Crippen LogP contribution in [0.2, 0.25) is 0 Å². The molecule has 1 unspecified atom stereocenters. The molecule has 8 heteroatoms. The molecule has 0 aliphatic carbocycles. The number of hydrogen-bond acceptors (Lipinski definition) is 4.